The number of carbonyl (C=O) groups excluding carboxylic acids is 1. The van der Waals surface area contributed by atoms with Crippen molar-refractivity contribution >= 4 is 5.91 Å². The van der Waals surface area contributed by atoms with Gasteiger partial charge in [0.25, 0.3) is 0 Å². The van der Waals surface area contributed by atoms with Crippen LogP contribution in [0.15, 0.2) is 24.8 Å². The van der Waals surface area contributed by atoms with E-state index in [0.717, 1.165) is 32.5 Å². The van der Waals surface area contributed by atoms with Gasteiger partial charge in [-0.1, -0.05) is 18.2 Å². The lowest BCUT2D eigenvalue weighted by Gasteiger charge is -2.49. The lowest BCUT2D eigenvalue weighted by Crippen LogP contribution is -2.60. The molecule has 4 nitrogen and oxygen atoms in total. The number of carbonyl (C=O) groups is 1. The Hall–Kier alpha value is -1.79. The molecule has 2 saturated heterocycles. The molecule has 2 aliphatic rings. The number of likely N-dealkylation sites (tertiary alicyclic amines) is 1. The molecular weight excluding hydrogens is 348 g/mol. The van der Waals surface area contributed by atoms with Crippen molar-refractivity contribution in [3.05, 3.63) is 47.5 Å². The van der Waals surface area contributed by atoms with E-state index in [2.05, 4.69) is 23.4 Å². The summed E-state index contributed by atoms with van der Waals surface area (Å²) in [6.45, 7) is 9.40. The molecule has 1 aromatic rings. The highest BCUT2D eigenvalue weighted by Gasteiger charge is 2.42. The van der Waals surface area contributed by atoms with E-state index in [9.17, 15) is 13.6 Å². The molecule has 3 rings (SSSR count). The molecule has 27 heavy (non-hydrogen) atoms. The van der Waals surface area contributed by atoms with Gasteiger partial charge in [0.2, 0.25) is 5.91 Å². The number of nitrogens with zero attached hydrogens (tertiary/aromatic N) is 3. The average Bonchev–Trinajstić information content (AvgIpc) is 2.80. The fourth-order valence-electron chi connectivity index (χ4n) is 4.31. The molecule has 148 valence electrons. The first-order valence-corrected chi connectivity index (χ1v) is 9.62. The lowest BCUT2D eigenvalue weighted by atomic mass is 9.86. The third kappa shape index (κ3) is 4.06. The highest BCUT2D eigenvalue weighted by Crippen LogP contribution is 2.33. The zero-order chi connectivity index (χ0) is 19.6. The first kappa shape index (κ1) is 20.0. The molecule has 0 N–H and O–H groups in total. The normalized spacial score (nSPS) is 25.0. The van der Waals surface area contributed by atoms with Crippen LogP contribution in [0.5, 0.6) is 0 Å². The van der Waals surface area contributed by atoms with Gasteiger partial charge in [-0.25, -0.2) is 8.78 Å². The standard InChI is InChI=1S/C21H29F2N3O/c1-4-10-26-11-9-21(8-7-18(26)27)15-25(13-12-24(21)3)14-17-6-5-16(2)19(22)20(17)23/h4-6H,1,7-15H2,2-3H3. The fourth-order valence-corrected chi connectivity index (χ4v) is 4.31. The minimum atomic E-state index is -0.753. The van der Waals surface area contributed by atoms with Crippen molar-refractivity contribution in [2.75, 3.05) is 39.8 Å². The molecule has 2 heterocycles. The smallest absolute Gasteiger partial charge is 0.222 e. The first-order chi connectivity index (χ1) is 12.9. The van der Waals surface area contributed by atoms with E-state index in [4.69, 9.17) is 0 Å². The predicted molar refractivity (Wildman–Crippen MR) is 102 cm³/mol. The summed E-state index contributed by atoms with van der Waals surface area (Å²) in [5, 5.41) is 0. The van der Waals surface area contributed by atoms with Crippen LogP contribution in [0.4, 0.5) is 8.78 Å². The average molecular weight is 377 g/mol. The molecule has 1 amide bonds. The first-order valence-electron chi connectivity index (χ1n) is 9.62. The maximum atomic E-state index is 14.3. The van der Waals surface area contributed by atoms with Gasteiger partial charge in [0.05, 0.1) is 0 Å². The predicted octanol–water partition coefficient (Wildman–Crippen LogP) is 2.96. The minimum absolute atomic E-state index is 0.108. The van der Waals surface area contributed by atoms with Gasteiger partial charge >= 0.3 is 0 Å². The van der Waals surface area contributed by atoms with Crippen LogP contribution in [-0.4, -0.2) is 65.9 Å². The van der Waals surface area contributed by atoms with Crippen molar-refractivity contribution in [1.82, 2.24) is 14.7 Å². The molecule has 0 aliphatic carbocycles. The van der Waals surface area contributed by atoms with Crippen molar-refractivity contribution in [3.8, 4) is 0 Å². The van der Waals surface area contributed by atoms with E-state index in [1.165, 1.54) is 0 Å². The van der Waals surface area contributed by atoms with Gasteiger partial charge in [-0.15, -0.1) is 6.58 Å². The van der Waals surface area contributed by atoms with E-state index in [0.29, 0.717) is 37.2 Å². The number of halogens is 2. The van der Waals surface area contributed by atoms with Crippen LogP contribution in [0.1, 0.15) is 30.4 Å². The van der Waals surface area contributed by atoms with Gasteiger partial charge in [0.1, 0.15) is 0 Å². The van der Waals surface area contributed by atoms with Crippen molar-refractivity contribution in [3.63, 3.8) is 0 Å². The van der Waals surface area contributed by atoms with Crippen molar-refractivity contribution in [1.29, 1.82) is 0 Å². The van der Waals surface area contributed by atoms with E-state index in [-0.39, 0.29) is 11.4 Å². The molecule has 0 bridgehead atoms. The number of piperazine rings is 1. The van der Waals surface area contributed by atoms with E-state index in [1.54, 1.807) is 25.1 Å². The Kier molecular flexibility index (Phi) is 5.96. The monoisotopic (exact) mass is 377 g/mol. The third-order valence-corrected chi connectivity index (χ3v) is 6.18. The molecule has 0 saturated carbocycles. The third-order valence-electron chi connectivity index (χ3n) is 6.18. The summed E-state index contributed by atoms with van der Waals surface area (Å²) in [7, 11) is 2.11. The Morgan fingerprint density at radius 1 is 1.19 bits per heavy atom. The summed E-state index contributed by atoms with van der Waals surface area (Å²) in [5.41, 5.74) is 0.621. The molecular formula is C21H29F2N3O. The molecule has 1 unspecified atom stereocenters. The number of aryl methyl sites for hydroxylation is 1. The molecule has 1 aromatic carbocycles. The lowest BCUT2D eigenvalue weighted by molar-refractivity contribution is -0.130. The number of rotatable bonds is 4. The van der Waals surface area contributed by atoms with E-state index in [1.807, 2.05) is 4.90 Å². The molecule has 6 heteroatoms. The Morgan fingerprint density at radius 2 is 1.96 bits per heavy atom. The Balaban J connectivity index is 1.75. The summed E-state index contributed by atoms with van der Waals surface area (Å²) in [5.74, 6) is -1.32. The highest BCUT2D eigenvalue weighted by atomic mass is 19.2. The van der Waals surface area contributed by atoms with Crippen molar-refractivity contribution in [2.24, 2.45) is 0 Å². The second kappa shape index (κ2) is 8.07. The summed E-state index contributed by atoms with van der Waals surface area (Å²) < 4.78 is 28.2. The van der Waals surface area contributed by atoms with Crippen molar-refractivity contribution < 1.29 is 13.6 Å². The number of amides is 1. The molecule has 2 fully saturated rings. The Labute approximate surface area is 160 Å². The summed E-state index contributed by atoms with van der Waals surface area (Å²) in [6.07, 6.45) is 3.95. The molecule has 0 radical (unpaired) electrons. The molecule has 2 aliphatic heterocycles. The zero-order valence-corrected chi connectivity index (χ0v) is 16.3. The van der Waals surface area contributed by atoms with Crippen LogP contribution in [0.2, 0.25) is 0 Å². The van der Waals surface area contributed by atoms with E-state index < -0.39 is 11.6 Å². The Morgan fingerprint density at radius 3 is 2.70 bits per heavy atom. The maximum absolute atomic E-state index is 14.3. The summed E-state index contributed by atoms with van der Waals surface area (Å²) in [6, 6.07) is 3.32. The Bertz CT molecular complexity index is 724. The number of hydrogen-bond acceptors (Lipinski definition) is 3. The molecule has 0 aromatic heterocycles. The SMILES string of the molecule is C=CCN1CCC2(CCC1=O)CN(Cc1ccc(C)c(F)c1F)CCN2C. The highest BCUT2D eigenvalue weighted by molar-refractivity contribution is 5.76. The van der Waals surface area contributed by atoms with Gasteiger partial charge in [0, 0.05) is 56.8 Å². The minimum Gasteiger partial charge on any atom is -0.339 e. The fraction of sp³-hybridized carbons (Fsp3) is 0.571. The van der Waals surface area contributed by atoms with Gasteiger partial charge < -0.3 is 4.90 Å². The van der Waals surface area contributed by atoms with Gasteiger partial charge in [-0.3, -0.25) is 14.6 Å². The second-order valence-corrected chi connectivity index (χ2v) is 7.90. The summed E-state index contributed by atoms with van der Waals surface area (Å²) >= 11 is 0. The van der Waals surface area contributed by atoms with Crippen LogP contribution in [0.25, 0.3) is 0 Å². The second-order valence-electron chi connectivity index (χ2n) is 7.90. The van der Waals surface area contributed by atoms with Gasteiger partial charge in [0.15, 0.2) is 11.6 Å². The van der Waals surface area contributed by atoms with Crippen LogP contribution >= 0.6 is 0 Å². The number of hydrogen-bond donors (Lipinski definition) is 0. The van der Waals surface area contributed by atoms with Crippen LogP contribution in [0.3, 0.4) is 0 Å². The molecule has 1 spiro atoms. The molecule has 1 atom stereocenters. The summed E-state index contributed by atoms with van der Waals surface area (Å²) in [4.78, 5) is 18.8. The number of benzene rings is 1. The topological polar surface area (TPSA) is 26.8 Å². The van der Waals surface area contributed by atoms with Gasteiger partial charge in [-0.2, -0.15) is 0 Å². The van der Waals surface area contributed by atoms with Crippen LogP contribution < -0.4 is 0 Å². The zero-order valence-electron chi connectivity index (χ0n) is 16.3. The largest absolute Gasteiger partial charge is 0.339 e. The quantitative estimate of drug-likeness (QED) is 0.755. The maximum Gasteiger partial charge on any atom is 0.222 e. The number of likely N-dealkylation sites (N-methyl/N-ethyl adjacent to an activating group) is 1. The van der Waals surface area contributed by atoms with Crippen LogP contribution in [0, 0.1) is 18.6 Å². The van der Waals surface area contributed by atoms with Crippen molar-refractivity contribution in [2.45, 2.75) is 38.3 Å². The van der Waals surface area contributed by atoms with Crippen LogP contribution in [-0.2, 0) is 11.3 Å². The van der Waals surface area contributed by atoms with Gasteiger partial charge in [-0.05, 0) is 32.4 Å². The van der Waals surface area contributed by atoms with E-state index >= 15 is 0 Å².